The van der Waals surface area contributed by atoms with Gasteiger partial charge in [0, 0.05) is 0 Å². The van der Waals surface area contributed by atoms with Crippen LogP contribution in [0.25, 0.3) is 0 Å². The van der Waals surface area contributed by atoms with Gasteiger partial charge in [-0.2, -0.15) is 0 Å². The molecule has 0 spiro atoms. The minimum absolute atomic E-state index is 0.849. The number of fused-ring (bicyclic) bond motifs is 9. The highest BCUT2D eigenvalue weighted by Gasteiger charge is 2.64. The molecule has 4 rings (SSSR count). The molecule has 0 amide bonds. The topological polar surface area (TPSA) is 52.0 Å². The van der Waals surface area contributed by atoms with Gasteiger partial charge in [-0.25, -0.2) is 0 Å². The van der Waals surface area contributed by atoms with E-state index in [1.807, 2.05) is 0 Å². The summed E-state index contributed by atoms with van der Waals surface area (Å²) in [6.45, 7) is 1.81. The Kier molecular flexibility index (Phi) is 2.74. The molecular weight excluding hydrogens is 220 g/mol. The summed E-state index contributed by atoms with van der Waals surface area (Å²) in [7, 11) is 0. The highest BCUT2D eigenvalue weighted by atomic mass is 14.7. The van der Waals surface area contributed by atoms with E-state index in [9.17, 15) is 0 Å². The predicted molar refractivity (Wildman–Crippen MR) is 73.7 cm³/mol. The van der Waals surface area contributed by atoms with E-state index in [1.165, 1.54) is 19.3 Å². The van der Waals surface area contributed by atoms with Crippen LogP contribution in [0.4, 0.5) is 0 Å². The molecule has 0 aromatic rings. The molecule has 4 saturated carbocycles. The van der Waals surface area contributed by atoms with E-state index < -0.39 is 0 Å². The Labute approximate surface area is 111 Å². The molecule has 4 N–H and O–H groups in total. The first-order valence-electron chi connectivity index (χ1n) is 8.25. The average Bonchev–Trinajstić information content (AvgIpc) is 3.11. The summed E-state index contributed by atoms with van der Waals surface area (Å²) >= 11 is 0. The first-order chi connectivity index (χ1) is 8.85. The number of hydrogen-bond acceptors (Lipinski definition) is 2. The quantitative estimate of drug-likeness (QED) is 0.750. The maximum Gasteiger partial charge on any atom is -0.00433 e. The first kappa shape index (κ1) is 11.7. The third-order valence-corrected chi connectivity index (χ3v) is 7.24. The smallest absolute Gasteiger partial charge is 0.00433 e. The van der Waals surface area contributed by atoms with Gasteiger partial charge in [0.25, 0.3) is 0 Å². The molecule has 8 unspecified atom stereocenters. The summed E-state index contributed by atoms with van der Waals surface area (Å²) in [5.74, 6) is 8.23. The molecule has 102 valence electrons. The lowest BCUT2D eigenvalue weighted by atomic mass is 9.62. The lowest BCUT2D eigenvalue weighted by Gasteiger charge is -2.43. The fourth-order valence-electron chi connectivity index (χ4n) is 6.97. The van der Waals surface area contributed by atoms with Gasteiger partial charge < -0.3 is 11.5 Å². The van der Waals surface area contributed by atoms with Crippen LogP contribution in [-0.4, -0.2) is 13.1 Å². The molecule has 0 aromatic carbocycles. The van der Waals surface area contributed by atoms with Gasteiger partial charge in [0.05, 0.1) is 0 Å². The van der Waals surface area contributed by atoms with Crippen LogP contribution in [0.1, 0.15) is 38.5 Å². The van der Waals surface area contributed by atoms with E-state index in [-0.39, 0.29) is 0 Å². The van der Waals surface area contributed by atoms with Crippen molar-refractivity contribution in [3.63, 3.8) is 0 Å². The third-order valence-electron chi connectivity index (χ3n) is 7.24. The monoisotopic (exact) mass is 248 g/mol. The zero-order chi connectivity index (χ0) is 12.3. The van der Waals surface area contributed by atoms with E-state index in [0.717, 1.165) is 60.4 Å². The van der Waals surface area contributed by atoms with Crippen LogP contribution < -0.4 is 11.5 Å². The summed E-state index contributed by atoms with van der Waals surface area (Å²) in [6.07, 6.45) is 8.77. The highest BCUT2D eigenvalue weighted by Crippen LogP contribution is 2.70. The minimum atomic E-state index is 0.849. The normalized spacial score (nSPS) is 56.3. The fourth-order valence-corrected chi connectivity index (χ4v) is 6.97. The molecule has 0 radical (unpaired) electrons. The molecule has 2 nitrogen and oxygen atoms in total. The van der Waals surface area contributed by atoms with Crippen molar-refractivity contribution in [2.45, 2.75) is 38.5 Å². The molecule has 4 fully saturated rings. The van der Waals surface area contributed by atoms with Crippen LogP contribution in [0.3, 0.4) is 0 Å². The third kappa shape index (κ3) is 1.37. The average molecular weight is 248 g/mol. The second-order valence-electron chi connectivity index (χ2n) is 7.55. The molecular formula is C16H28N2. The van der Waals surface area contributed by atoms with Crippen LogP contribution in [0, 0.1) is 47.3 Å². The zero-order valence-electron chi connectivity index (χ0n) is 11.4. The van der Waals surface area contributed by atoms with Crippen molar-refractivity contribution in [2.24, 2.45) is 58.8 Å². The summed E-state index contributed by atoms with van der Waals surface area (Å²) in [5, 5.41) is 0. The fraction of sp³-hybridized carbons (Fsp3) is 1.00. The van der Waals surface area contributed by atoms with Crippen molar-refractivity contribution in [3.05, 3.63) is 0 Å². The van der Waals surface area contributed by atoms with Gasteiger partial charge in [-0.15, -0.1) is 0 Å². The predicted octanol–water partition coefficient (Wildman–Crippen LogP) is 2.23. The number of hydrogen-bond donors (Lipinski definition) is 2. The Bertz CT molecular complexity index is 329. The first-order valence-corrected chi connectivity index (χ1v) is 8.25. The summed E-state index contributed by atoms with van der Waals surface area (Å²) in [5.41, 5.74) is 11.9. The Morgan fingerprint density at radius 2 is 1.50 bits per heavy atom. The van der Waals surface area contributed by atoms with Gasteiger partial charge >= 0.3 is 0 Å². The van der Waals surface area contributed by atoms with Gasteiger partial charge in [0.2, 0.25) is 0 Å². The summed E-state index contributed by atoms with van der Waals surface area (Å²) < 4.78 is 0. The second kappa shape index (κ2) is 4.21. The standard InChI is InChI=1S/C16H28N2/c17-5-1-2-11-12-7-13(14(11)8-18)16-10-4-3-9(6-10)15(12)16/h9-16H,1-8,17-18H2. The maximum absolute atomic E-state index is 6.13. The van der Waals surface area contributed by atoms with E-state index in [2.05, 4.69) is 0 Å². The van der Waals surface area contributed by atoms with Gasteiger partial charge in [0.15, 0.2) is 0 Å². The maximum atomic E-state index is 6.13. The molecule has 0 heterocycles. The summed E-state index contributed by atoms with van der Waals surface area (Å²) in [4.78, 5) is 0. The molecule has 0 aromatic heterocycles. The molecule has 8 atom stereocenters. The van der Waals surface area contributed by atoms with Crippen molar-refractivity contribution >= 4 is 0 Å². The van der Waals surface area contributed by atoms with Crippen LogP contribution >= 0.6 is 0 Å². The molecule has 4 aliphatic carbocycles. The van der Waals surface area contributed by atoms with E-state index in [4.69, 9.17) is 11.5 Å². The van der Waals surface area contributed by atoms with E-state index in [1.54, 1.807) is 19.3 Å². The highest BCUT2D eigenvalue weighted by molar-refractivity contribution is 5.13. The van der Waals surface area contributed by atoms with Crippen molar-refractivity contribution < 1.29 is 0 Å². The lowest BCUT2D eigenvalue weighted by Crippen LogP contribution is -2.41. The SMILES string of the molecule is NCCCC1C(CN)C2CC1C1C3CCC(C3)C21. The van der Waals surface area contributed by atoms with E-state index >= 15 is 0 Å². The molecule has 2 heteroatoms. The van der Waals surface area contributed by atoms with Gasteiger partial charge in [-0.05, 0) is 99.0 Å². The van der Waals surface area contributed by atoms with Gasteiger partial charge in [-0.1, -0.05) is 0 Å². The van der Waals surface area contributed by atoms with Crippen LogP contribution in [0.15, 0.2) is 0 Å². The molecule has 4 aliphatic rings. The van der Waals surface area contributed by atoms with Crippen LogP contribution in [0.5, 0.6) is 0 Å². The Hall–Kier alpha value is -0.0800. The Morgan fingerprint density at radius 3 is 2.11 bits per heavy atom. The number of nitrogens with two attached hydrogens (primary N) is 2. The molecule has 4 bridgehead atoms. The Balaban J connectivity index is 1.58. The van der Waals surface area contributed by atoms with E-state index in [0.29, 0.717) is 0 Å². The van der Waals surface area contributed by atoms with Crippen LogP contribution in [-0.2, 0) is 0 Å². The Morgan fingerprint density at radius 1 is 0.833 bits per heavy atom. The molecule has 18 heavy (non-hydrogen) atoms. The number of rotatable bonds is 4. The molecule has 0 saturated heterocycles. The van der Waals surface area contributed by atoms with Crippen LogP contribution in [0.2, 0.25) is 0 Å². The lowest BCUT2D eigenvalue weighted by molar-refractivity contribution is 0.0547. The summed E-state index contributed by atoms with van der Waals surface area (Å²) in [6, 6.07) is 0. The van der Waals surface area contributed by atoms with Crippen molar-refractivity contribution in [1.82, 2.24) is 0 Å². The second-order valence-corrected chi connectivity index (χ2v) is 7.55. The minimum Gasteiger partial charge on any atom is -0.330 e. The van der Waals surface area contributed by atoms with Gasteiger partial charge in [0.1, 0.15) is 0 Å². The molecule has 0 aliphatic heterocycles. The van der Waals surface area contributed by atoms with Crippen molar-refractivity contribution in [1.29, 1.82) is 0 Å². The van der Waals surface area contributed by atoms with Gasteiger partial charge in [-0.3, -0.25) is 0 Å². The van der Waals surface area contributed by atoms with Crippen molar-refractivity contribution in [3.8, 4) is 0 Å². The zero-order valence-corrected chi connectivity index (χ0v) is 11.4. The largest absolute Gasteiger partial charge is 0.330 e. The van der Waals surface area contributed by atoms with Crippen molar-refractivity contribution in [2.75, 3.05) is 13.1 Å².